The Bertz CT molecular complexity index is 293. The lowest BCUT2D eigenvalue weighted by Gasteiger charge is -2.38. The molecule has 0 aliphatic rings. The molecule has 0 fully saturated rings. The molecule has 0 saturated carbocycles. The highest BCUT2D eigenvalue weighted by Gasteiger charge is 2.34. The summed E-state index contributed by atoms with van der Waals surface area (Å²) in [6, 6.07) is 0.202. The van der Waals surface area contributed by atoms with Gasteiger partial charge in [-0.25, -0.2) is 0 Å². The summed E-state index contributed by atoms with van der Waals surface area (Å²) < 4.78 is 5.52. The van der Waals surface area contributed by atoms with Crippen molar-refractivity contribution in [3.8, 4) is 0 Å². The highest BCUT2D eigenvalue weighted by Crippen LogP contribution is 2.30. The van der Waals surface area contributed by atoms with Gasteiger partial charge < -0.3 is 10.4 Å². The van der Waals surface area contributed by atoms with Crippen molar-refractivity contribution >= 4 is 25.7 Å². The summed E-state index contributed by atoms with van der Waals surface area (Å²) in [6.07, 6.45) is 3.18. The fourth-order valence-corrected chi connectivity index (χ4v) is 0.914. The number of thiol groups is 1. The third-order valence-electron chi connectivity index (χ3n) is 2.62. The average Bonchev–Trinajstić information content (AvgIpc) is 2.12. The molecule has 0 aromatic rings. The summed E-state index contributed by atoms with van der Waals surface area (Å²) in [5, 5.41) is 0. The molecule has 0 saturated heterocycles. The van der Waals surface area contributed by atoms with Crippen molar-refractivity contribution in [2.75, 3.05) is 0 Å². The first-order valence-corrected chi connectivity index (χ1v) is 6.24. The molecule has 0 aliphatic heterocycles. The Morgan fingerprint density at radius 2 is 1.88 bits per heavy atom. The molecule has 0 heterocycles. The second-order valence-corrected chi connectivity index (χ2v) is 6.43. The lowest BCUT2D eigenvalue weighted by molar-refractivity contribution is 0.0863. The normalized spacial score (nSPS) is 14.7. The molecule has 3 nitrogen and oxygen atoms in total. The molecule has 97 valence electrons. The molecule has 0 bridgehead atoms. The maximum absolute atomic E-state index is 5.77. The average molecular weight is 255 g/mol. The summed E-state index contributed by atoms with van der Waals surface area (Å²) in [6.45, 7) is 12.0. The predicted octanol–water partition coefficient (Wildman–Crippen LogP) is 2.39. The Morgan fingerprint density at radius 1 is 1.35 bits per heavy atom. The topological polar surface area (TPSA) is 47.6 Å². The van der Waals surface area contributed by atoms with Gasteiger partial charge in [-0.05, 0) is 53.8 Å². The minimum atomic E-state index is -0.393. The van der Waals surface area contributed by atoms with Crippen LogP contribution in [0.25, 0.3) is 0 Å². The van der Waals surface area contributed by atoms with Crippen LogP contribution in [0.3, 0.4) is 0 Å². The van der Waals surface area contributed by atoms with E-state index >= 15 is 0 Å². The molecule has 0 aromatic heterocycles. The van der Waals surface area contributed by atoms with Crippen molar-refractivity contribution < 1.29 is 4.65 Å². The predicted molar refractivity (Wildman–Crippen MR) is 79.9 cm³/mol. The van der Waals surface area contributed by atoms with Gasteiger partial charge in [0.05, 0.1) is 5.60 Å². The highest BCUT2D eigenvalue weighted by atomic mass is 32.1. The Labute approximate surface area is 112 Å². The van der Waals surface area contributed by atoms with E-state index in [1.807, 2.05) is 41.5 Å². The van der Waals surface area contributed by atoms with Crippen LogP contribution in [0, 0.1) is 0 Å². The number of nitrogens with two attached hydrogens (primary N) is 1. The molecule has 0 spiro atoms. The van der Waals surface area contributed by atoms with E-state index in [1.54, 1.807) is 13.6 Å². The minimum Gasteiger partial charge on any atom is -0.426 e. The third-order valence-corrected chi connectivity index (χ3v) is 3.16. The molecule has 1 radical (unpaired) electrons. The van der Waals surface area contributed by atoms with Crippen molar-refractivity contribution in [1.29, 1.82) is 0 Å². The number of hydrogen-bond acceptors (Lipinski definition) is 4. The second kappa shape index (κ2) is 6.50. The van der Waals surface area contributed by atoms with Gasteiger partial charge in [0.25, 0.3) is 0 Å². The second-order valence-electron chi connectivity index (χ2n) is 5.31. The van der Waals surface area contributed by atoms with E-state index in [1.165, 1.54) is 6.20 Å². The van der Waals surface area contributed by atoms with Gasteiger partial charge in [0.1, 0.15) is 0 Å². The monoisotopic (exact) mass is 255 g/mol. The van der Waals surface area contributed by atoms with E-state index in [4.69, 9.17) is 10.4 Å². The largest absolute Gasteiger partial charge is 0.426 e. The number of allylic oxidation sites excluding steroid dienone is 1. The van der Waals surface area contributed by atoms with Gasteiger partial charge in [-0.15, -0.1) is 0 Å². The Balaban J connectivity index is 4.62. The van der Waals surface area contributed by atoms with Gasteiger partial charge in [-0.3, -0.25) is 4.99 Å². The Morgan fingerprint density at radius 3 is 2.24 bits per heavy atom. The first kappa shape index (κ1) is 16.6. The molecule has 17 heavy (non-hydrogen) atoms. The zero-order valence-electron chi connectivity index (χ0n) is 11.7. The van der Waals surface area contributed by atoms with E-state index in [9.17, 15) is 0 Å². The molecule has 0 atom stereocenters. The van der Waals surface area contributed by atoms with Gasteiger partial charge >= 0.3 is 7.48 Å². The quantitative estimate of drug-likeness (QED) is 0.435. The molecular formula is C12H24BN2OS. The van der Waals surface area contributed by atoms with Crippen LogP contribution in [-0.4, -0.2) is 29.5 Å². The molecule has 0 unspecified atom stereocenters. The Kier molecular flexibility index (Phi) is 6.34. The molecular weight excluding hydrogens is 231 g/mol. The summed E-state index contributed by atoms with van der Waals surface area (Å²) in [5.74, 6) is 0. The fourth-order valence-electron chi connectivity index (χ4n) is 0.861. The SMILES string of the molecule is CC(C)N=C([B]OC(C)(C)C(C)(C)S)/C=C\N. The summed E-state index contributed by atoms with van der Waals surface area (Å²) in [4.78, 5) is 4.40. The molecule has 0 amide bonds. The van der Waals surface area contributed by atoms with Crippen molar-refractivity contribution in [3.63, 3.8) is 0 Å². The lowest BCUT2D eigenvalue weighted by Crippen LogP contribution is -2.45. The van der Waals surface area contributed by atoms with Crippen molar-refractivity contribution in [2.24, 2.45) is 10.7 Å². The van der Waals surface area contributed by atoms with Crippen LogP contribution in [0.2, 0.25) is 0 Å². The van der Waals surface area contributed by atoms with E-state index in [0.29, 0.717) is 0 Å². The zero-order valence-corrected chi connectivity index (χ0v) is 12.6. The van der Waals surface area contributed by atoms with Crippen molar-refractivity contribution in [3.05, 3.63) is 12.3 Å². The zero-order chi connectivity index (χ0) is 13.7. The maximum Gasteiger partial charge on any atom is 0.351 e. The van der Waals surface area contributed by atoms with Gasteiger partial charge in [0, 0.05) is 16.4 Å². The smallest absolute Gasteiger partial charge is 0.351 e. The summed E-state index contributed by atoms with van der Waals surface area (Å²) in [5.41, 5.74) is 5.72. The molecule has 5 heteroatoms. The van der Waals surface area contributed by atoms with Crippen LogP contribution < -0.4 is 5.73 Å². The Hall–Kier alpha value is -0.415. The van der Waals surface area contributed by atoms with Crippen LogP contribution in [0.15, 0.2) is 17.3 Å². The molecule has 0 aromatic carbocycles. The van der Waals surface area contributed by atoms with Crippen LogP contribution in [-0.2, 0) is 4.65 Å². The van der Waals surface area contributed by atoms with E-state index in [2.05, 4.69) is 17.6 Å². The number of rotatable bonds is 6. The number of nitrogens with zero attached hydrogens (tertiary/aromatic N) is 1. The van der Waals surface area contributed by atoms with E-state index in [-0.39, 0.29) is 10.8 Å². The van der Waals surface area contributed by atoms with Crippen LogP contribution >= 0.6 is 12.6 Å². The minimum absolute atomic E-state index is 0.202. The third kappa shape index (κ3) is 6.17. The van der Waals surface area contributed by atoms with Crippen molar-refractivity contribution in [2.45, 2.75) is 57.9 Å². The summed E-state index contributed by atoms with van der Waals surface area (Å²) >= 11 is 4.53. The van der Waals surface area contributed by atoms with Gasteiger partial charge in [-0.1, -0.05) is 0 Å². The fraction of sp³-hybridized carbons (Fsp3) is 0.750. The standard InChI is InChI=1S/C12H24BN2OS/c1-9(2)15-10(7-8-14)13-16-11(3,4)12(5,6)17/h7-9,17H,14H2,1-6H3/b8-7-,15-10?. The molecule has 0 aliphatic carbocycles. The van der Waals surface area contributed by atoms with Gasteiger partial charge in [0.15, 0.2) is 0 Å². The number of hydrogen-bond donors (Lipinski definition) is 2. The first-order chi connectivity index (χ1) is 7.60. The molecule has 0 rings (SSSR count). The van der Waals surface area contributed by atoms with Crippen LogP contribution in [0.4, 0.5) is 0 Å². The van der Waals surface area contributed by atoms with Crippen LogP contribution in [0.1, 0.15) is 41.5 Å². The van der Waals surface area contributed by atoms with Gasteiger partial charge in [-0.2, -0.15) is 12.6 Å². The van der Waals surface area contributed by atoms with Gasteiger partial charge in [0.2, 0.25) is 0 Å². The maximum atomic E-state index is 5.77. The van der Waals surface area contributed by atoms with E-state index in [0.717, 1.165) is 5.61 Å². The lowest BCUT2D eigenvalue weighted by atomic mass is 9.86. The van der Waals surface area contributed by atoms with E-state index < -0.39 is 5.60 Å². The highest BCUT2D eigenvalue weighted by molar-refractivity contribution is 7.81. The van der Waals surface area contributed by atoms with Crippen LogP contribution in [0.5, 0.6) is 0 Å². The van der Waals surface area contributed by atoms with Crippen molar-refractivity contribution in [1.82, 2.24) is 0 Å². The molecule has 2 N–H and O–H groups in total. The number of aliphatic imine (C=N–C) groups is 1. The summed E-state index contributed by atoms with van der Waals surface area (Å²) in [7, 11) is 1.64. The first-order valence-electron chi connectivity index (χ1n) is 5.79.